The molecule has 3 rings (SSSR count). The Hall–Kier alpha value is -3.23. The number of anilines is 1. The highest BCUT2D eigenvalue weighted by Crippen LogP contribution is 2.30. The Balaban J connectivity index is 1.79. The van der Waals surface area contributed by atoms with Crippen molar-refractivity contribution in [1.29, 1.82) is 0 Å². The van der Waals surface area contributed by atoms with E-state index in [0.717, 1.165) is 5.39 Å². The van der Waals surface area contributed by atoms with E-state index in [-0.39, 0.29) is 16.5 Å². The van der Waals surface area contributed by atoms with E-state index < -0.39 is 10.8 Å². The Morgan fingerprint density at radius 1 is 1.14 bits per heavy atom. The van der Waals surface area contributed by atoms with Crippen molar-refractivity contribution >= 4 is 57.0 Å². The lowest BCUT2D eigenvalue weighted by Crippen LogP contribution is -2.34. The lowest BCUT2D eigenvalue weighted by atomic mass is 10.0. The first kappa shape index (κ1) is 19.5. The van der Waals surface area contributed by atoms with Crippen molar-refractivity contribution in [2.24, 2.45) is 0 Å². The second kappa shape index (κ2) is 8.20. The molecule has 0 aromatic heterocycles. The molecule has 0 radical (unpaired) electrons. The number of fused-ring (bicyclic) bond motifs is 1. The number of carbonyl (C=O) groups excluding carboxylic acids is 1. The monoisotopic (exact) mass is 415 g/mol. The standard InChI is InChI=1S/C19H14ClN3O4S/c1-27-17-9-8-11(10-16(17)23(25)26)21-19(28)22-18(24)14-6-2-5-13-12(14)4-3-7-15(13)20/h2-10H,1H3,(H2,21,22,24,28). The number of nitro benzene ring substituents is 1. The van der Waals surface area contributed by atoms with Gasteiger partial charge < -0.3 is 10.1 Å². The van der Waals surface area contributed by atoms with E-state index >= 15 is 0 Å². The van der Waals surface area contributed by atoms with Crippen LogP contribution in [0, 0.1) is 10.1 Å². The number of nitro groups is 1. The predicted octanol–water partition coefficient (Wildman–Crippen LogP) is 4.54. The molecule has 0 aliphatic heterocycles. The molecular formula is C19H14ClN3O4S. The molecule has 0 bridgehead atoms. The molecule has 28 heavy (non-hydrogen) atoms. The Labute approximate surface area is 170 Å². The second-order valence-electron chi connectivity index (χ2n) is 5.69. The first-order valence-electron chi connectivity index (χ1n) is 8.02. The fourth-order valence-electron chi connectivity index (χ4n) is 2.71. The van der Waals surface area contributed by atoms with E-state index in [0.29, 0.717) is 21.7 Å². The highest BCUT2D eigenvalue weighted by atomic mass is 35.5. The van der Waals surface area contributed by atoms with E-state index in [1.807, 2.05) is 6.07 Å². The second-order valence-corrected chi connectivity index (χ2v) is 6.51. The molecule has 0 aliphatic rings. The zero-order chi connectivity index (χ0) is 20.3. The van der Waals surface area contributed by atoms with Crippen molar-refractivity contribution in [3.8, 4) is 5.75 Å². The van der Waals surface area contributed by atoms with Gasteiger partial charge in [-0.25, -0.2) is 0 Å². The number of thiocarbonyl (C=S) groups is 1. The van der Waals surface area contributed by atoms with Crippen LogP contribution in [-0.4, -0.2) is 23.1 Å². The maximum Gasteiger partial charge on any atom is 0.312 e. The Kier molecular flexibility index (Phi) is 5.72. The number of ether oxygens (including phenoxy) is 1. The molecule has 0 heterocycles. The molecule has 0 fully saturated rings. The molecule has 3 aromatic carbocycles. The molecule has 1 amide bonds. The molecule has 0 saturated heterocycles. The van der Waals surface area contributed by atoms with Gasteiger partial charge in [0.15, 0.2) is 10.9 Å². The number of nitrogens with zero attached hydrogens (tertiary/aromatic N) is 1. The highest BCUT2D eigenvalue weighted by molar-refractivity contribution is 7.80. The summed E-state index contributed by atoms with van der Waals surface area (Å²) in [4.78, 5) is 23.2. The molecule has 0 saturated carbocycles. The number of benzene rings is 3. The normalized spacial score (nSPS) is 10.4. The quantitative estimate of drug-likeness (QED) is 0.369. The number of amides is 1. The van der Waals surface area contributed by atoms with E-state index in [4.69, 9.17) is 28.6 Å². The van der Waals surface area contributed by atoms with Crippen molar-refractivity contribution in [1.82, 2.24) is 5.32 Å². The summed E-state index contributed by atoms with van der Waals surface area (Å²) in [6.45, 7) is 0. The third kappa shape index (κ3) is 4.03. The summed E-state index contributed by atoms with van der Waals surface area (Å²) >= 11 is 11.3. The number of hydrogen-bond donors (Lipinski definition) is 2. The van der Waals surface area contributed by atoms with Crippen LogP contribution in [0.2, 0.25) is 5.02 Å². The smallest absolute Gasteiger partial charge is 0.312 e. The lowest BCUT2D eigenvalue weighted by molar-refractivity contribution is -0.385. The Bertz CT molecular complexity index is 1100. The van der Waals surface area contributed by atoms with E-state index in [9.17, 15) is 14.9 Å². The molecule has 2 N–H and O–H groups in total. The van der Waals surface area contributed by atoms with Crippen LogP contribution in [0.4, 0.5) is 11.4 Å². The number of nitrogens with one attached hydrogen (secondary N) is 2. The van der Waals surface area contributed by atoms with Crippen LogP contribution in [0.15, 0.2) is 54.6 Å². The van der Waals surface area contributed by atoms with Crippen LogP contribution in [0.1, 0.15) is 10.4 Å². The van der Waals surface area contributed by atoms with Gasteiger partial charge in [0.1, 0.15) is 0 Å². The van der Waals surface area contributed by atoms with Crippen LogP contribution >= 0.6 is 23.8 Å². The topological polar surface area (TPSA) is 93.5 Å². The van der Waals surface area contributed by atoms with Crippen molar-refractivity contribution in [2.45, 2.75) is 0 Å². The first-order chi connectivity index (χ1) is 13.4. The number of halogens is 1. The van der Waals surface area contributed by atoms with Gasteiger partial charge >= 0.3 is 5.69 Å². The van der Waals surface area contributed by atoms with Crippen molar-refractivity contribution in [3.63, 3.8) is 0 Å². The van der Waals surface area contributed by atoms with Crippen molar-refractivity contribution in [3.05, 3.63) is 75.3 Å². The van der Waals surface area contributed by atoms with Crippen LogP contribution in [0.3, 0.4) is 0 Å². The molecule has 7 nitrogen and oxygen atoms in total. The minimum Gasteiger partial charge on any atom is -0.490 e. The minimum atomic E-state index is -0.564. The largest absolute Gasteiger partial charge is 0.490 e. The predicted molar refractivity (Wildman–Crippen MR) is 112 cm³/mol. The third-order valence-electron chi connectivity index (χ3n) is 3.97. The number of methoxy groups -OCH3 is 1. The van der Waals surface area contributed by atoms with Gasteiger partial charge in [-0.15, -0.1) is 0 Å². The zero-order valence-corrected chi connectivity index (χ0v) is 16.1. The summed E-state index contributed by atoms with van der Waals surface area (Å²) in [6, 6.07) is 14.8. The summed E-state index contributed by atoms with van der Waals surface area (Å²) in [5, 5.41) is 18.4. The summed E-state index contributed by atoms with van der Waals surface area (Å²) in [6.07, 6.45) is 0. The molecule has 0 aliphatic carbocycles. The third-order valence-corrected chi connectivity index (χ3v) is 4.51. The molecule has 9 heteroatoms. The van der Waals surface area contributed by atoms with Crippen molar-refractivity contribution < 1.29 is 14.5 Å². The van der Waals surface area contributed by atoms with E-state index in [2.05, 4.69) is 10.6 Å². The van der Waals surface area contributed by atoms with Gasteiger partial charge in [-0.05, 0) is 41.9 Å². The number of rotatable bonds is 4. The van der Waals surface area contributed by atoms with Crippen molar-refractivity contribution in [2.75, 3.05) is 12.4 Å². The van der Waals surface area contributed by atoms with Gasteiger partial charge in [0, 0.05) is 27.7 Å². The Morgan fingerprint density at radius 2 is 1.86 bits per heavy atom. The fourth-order valence-corrected chi connectivity index (χ4v) is 3.16. The lowest BCUT2D eigenvalue weighted by Gasteiger charge is -2.12. The molecule has 0 spiro atoms. The molecule has 0 atom stereocenters. The highest BCUT2D eigenvalue weighted by Gasteiger charge is 2.17. The zero-order valence-electron chi connectivity index (χ0n) is 14.6. The van der Waals surface area contributed by atoms with E-state index in [1.165, 1.54) is 19.2 Å². The molecule has 3 aromatic rings. The molecule has 0 unspecified atom stereocenters. The van der Waals surface area contributed by atoms with Crippen LogP contribution in [0.5, 0.6) is 5.75 Å². The van der Waals surface area contributed by atoms with Crippen LogP contribution < -0.4 is 15.4 Å². The first-order valence-corrected chi connectivity index (χ1v) is 8.81. The van der Waals surface area contributed by atoms with Gasteiger partial charge in [-0.1, -0.05) is 35.9 Å². The maximum atomic E-state index is 12.6. The van der Waals surface area contributed by atoms with Gasteiger partial charge in [0.05, 0.1) is 12.0 Å². The minimum absolute atomic E-state index is 0.00324. The summed E-state index contributed by atoms with van der Waals surface area (Å²) in [5.41, 5.74) is 0.536. The number of carbonyl (C=O) groups is 1. The SMILES string of the molecule is COc1ccc(NC(=S)NC(=O)c2cccc3c(Cl)cccc23)cc1[N+](=O)[O-]. The average molecular weight is 416 g/mol. The van der Waals surface area contributed by atoms with Gasteiger partial charge in [-0.2, -0.15) is 0 Å². The van der Waals surface area contributed by atoms with E-state index in [1.54, 1.807) is 36.4 Å². The molecular weight excluding hydrogens is 402 g/mol. The maximum absolute atomic E-state index is 12.6. The fraction of sp³-hybridized carbons (Fsp3) is 0.0526. The van der Waals surface area contributed by atoms with Crippen LogP contribution in [-0.2, 0) is 0 Å². The number of hydrogen-bond acceptors (Lipinski definition) is 5. The summed E-state index contributed by atoms with van der Waals surface area (Å²) in [5.74, 6) is -0.300. The molecule has 142 valence electrons. The average Bonchev–Trinajstić information content (AvgIpc) is 2.67. The Morgan fingerprint density at radius 3 is 2.57 bits per heavy atom. The summed E-state index contributed by atoms with van der Waals surface area (Å²) in [7, 11) is 1.34. The van der Waals surface area contributed by atoms with Gasteiger partial charge in [0.25, 0.3) is 5.91 Å². The van der Waals surface area contributed by atoms with Gasteiger partial charge in [0.2, 0.25) is 0 Å². The van der Waals surface area contributed by atoms with Crippen LogP contribution in [0.25, 0.3) is 10.8 Å². The summed E-state index contributed by atoms with van der Waals surface area (Å²) < 4.78 is 4.96. The van der Waals surface area contributed by atoms with Gasteiger partial charge in [-0.3, -0.25) is 20.2 Å².